The van der Waals surface area contributed by atoms with Crippen molar-refractivity contribution in [2.24, 2.45) is 0 Å². The molecule has 0 aliphatic carbocycles. The molecule has 0 atom stereocenters. The number of sulfonamides is 1. The molecular formula is C9H9N3O4S. The fourth-order valence-electron chi connectivity index (χ4n) is 1.17. The lowest BCUT2D eigenvalue weighted by atomic mass is 10.3. The maximum absolute atomic E-state index is 11.8. The van der Waals surface area contributed by atoms with E-state index >= 15 is 0 Å². The highest BCUT2D eigenvalue weighted by Crippen LogP contribution is 2.24. The molecule has 4 N–H and O–H groups in total. The molecule has 1 aromatic carbocycles. The first-order chi connectivity index (χ1) is 7.99. The Morgan fingerprint density at radius 3 is 2.76 bits per heavy atom. The lowest BCUT2D eigenvalue weighted by molar-refractivity contribution is 0.420. The Balaban J connectivity index is 2.35. The highest BCUT2D eigenvalue weighted by atomic mass is 32.2. The van der Waals surface area contributed by atoms with Crippen LogP contribution < -0.4 is 10.5 Å². The number of benzene rings is 1. The molecule has 0 spiro atoms. The largest absolute Gasteiger partial charge is 0.506 e. The summed E-state index contributed by atoms with van der Waals surface area (Å²) in [6.45, 7) is 0. The zero-order valence-corrected chi connectivity index (χ0v) is 9.31. The van der Waals surface area contributed by atoms with Gasteiger partial charge in [0.25, 0.3) is 10.0 Å². The molecule has 0 fully saturated rings. The lowest BCUT2D eigenvalue weighted by Gasteiger charge is -2.06. The Labute approximate surface area is 96.9 Å². The first-order valence-electron chi connectivity index (χ1n) is 4.50. The predicted molar refractivity (Wildman–Crippen MR) is 59.8 cm³/mol. The van der Waals surface area contributed by atoms with Crippen molar-refractivity contribution in [3.63, 3.8) is 0 Å². The lowest BCUT2D eigenvalue weighted by Crippen LogP contribution is -2.12. The Kier molecular flexibility index (Phi) is 2.64. The van der Waals surface area contributed by atoms with Crippen LogP contribution >= 0.6 is 0 Å². The van der Waals surface area contributed by atoms with Gasteiger partial charge in [-0.15, -0.1) is 0 Å². The molecule has 1 aromatic heterocycles. The van der Waals surface area contributed by atoms with Crippen molar-refractivity contribution < 1.29 is 18.0 Å². The van der Waals surface area contributed by atoms with Crippen molar-refractivity contribution in [3.8, 4) is 5.75 Å². The Morgan fingerprint density at radius 1 is 1.41 bits per heavy atom. The van der Waals surface area contributed by atoms with E-state index in [4.69, 9.17) is 5.73 Å². The second-order valence-corrected chi connectivity index (χ2v) is 4.92. The summed E-state index contributed by atoms with van der Waals surface area (Å²) < 4.78 is 30.4. The Morgan fingerprint density at radius 2 is 2.18 bits per heavy atom. The number of nitrogens with one attached hydrogen (secondary N) is 1. The van der Waals surface area contributed by atoms with Crippen LogP contribution in [0.5, 0.6) is 5.75 Å². The average molecular weight is 255 g/mol. The molecule has 2 rings (SSSR count). The van der Waals surface area contributed by atoms with Gasteiger partial charge >= 0.3 is 0 Å². The molecule has 0 amide bonds. The second-order valence-electron chi connectivity index (χ2n) is 3.24. The molecule has 2 aromatic rings. The highest BCUT2D eigenvalue weighted by Gasteiger charge is 2.16. The standard InChI is InChI=1S/C9H9N3O4S/c10-8-3-7(1-2-9(8)13)17(14,15)12-6-4-11-16-5-6/h1-5,12-13H,10H2. The van der Waals surface area contributed by atoms with Crippen molar-refractivity contribution in [2.75, 3.05) is 10.5 Å². The first kappa shape index (κ1) is 11.3. The number of hydrogen-bond acceptors (Lipinski definition) is 6. The number of hydrogen-bond donors (Lipinski definition) is 3. The first-order valence-corrected chi connectivity index (χ1v) is 5.98. The minimum absolute atomic E-state index is 0.0156. The monoisotopic (exact) mass is 255 g/mol. The van der Waals surface area contributed by atoms with Crippen LogP contribution in [0.25, 0.3) is 0 Å². The van der Waals surface area contributed by atoms with Gasteiger partial charge in [0.2, 0.25) is 0 Å². The Hall–Kier alpha value is -2.22. The normalized spacial score (nSPS) is 11.3. The van der Waals surface area contributed by atoms with E-state index in [-0.39, 0.29) is 22.0 Å². The van der Waals surface area contributed by atoms with E-state index in [2.05, 4.69) is 14.4 Å². The van der Waals surface area contributed by atoms with Crippen molar-refractivity contribution in [1.29, 1.82) is 0 Å². The van der Waals surface area contributed by atoms with E-state index in [1.165, 1.54) is 18.3 Å². The van der Waals surface area contributed by atoms with Gasteiger partial charge in [-0.2, -0.15) is 0 Å². The van der Waals surface area contributed by atoms with E-state index < -0.39 is 10.0 Å². The fraction of sp³-hybridized carbons (Fsp3) is 0. The van der Waals surface area contributed by atoms with E-state index in [1.807, 2.05) is 0 Å². The summed E-state index contributed by atoms with van der Waals surface area (Å²) in [5, 5.41) is 12.6. The molecule has 90 valence electrons. The van der Waals surface area contributed by atoms with Crippen LogP contribution in [0.3, 0.4) is 0 Å². The fourth-order valence-corrected chi connectivity index (χ4v) is 2.23. The van der Waals surface area contributed by atoms with Gasteiger partial charge in [-0.3, -0.25) is 4.72 Å². The molecule has 0 aliphatic rings. The van der Waals surface area contributed by atoms with Crippen LogP contribution in [-0.4, -0.2) is 18.7 Å². The number of phenols is 1. The minimum Gasteiger partial charge on any atom is -0.506 e. The maximum atomic E-state index is 11.8. The molecule has 0 unspecified atom stereocenters. The molecule has 0 bridgehead atoms. The summed E-state index contributed by atoms with van der Waals surface area (Å²) in [6.07, 6.45) is 2.38. The third kappa shape index (κ3) is 2.31. The van der Waals surface area contributed by atoms with Crippen LogP contribution in [-0.2, 0) is 10.0 Å². The van der Waals surface area contributed by atoms with Gasteiger partial charge < -0.3 is 15.4 Å². The number of aromatic hydroxyl groups is 1. The minimum atomic E-state index is -3.76. The molecule has 0 aliphatic heterocycles. The molecule has 8 heteroatoms. The second kappa shape index (κ2) is 3.98. The van der Waals surface area contributed by atoms with Crippen LogP contribution in [0.4, 0.5) is 11.4 Å². The van der Waals surface area contributed by atoms with Crippen LogP contribution in [0, 0.1) is 0 Å². The van der Waals surface area contributed by atoms with Crippen LogP contribution in [0.2, 0.25) is 0 Å². The zero-order valence-electron chi connectivity index (χ0n) is 8.49. The summed E-state index contributed by atoms with van der Waals surface area (Å²) in [4.78, 5) is -0.0611. The van der Waals surface area contributed by atoms with E-state index in [0.29, 0.717) is 0 Å². The molecule has 1 heterocycles. The van der Waals surface area contributed by atoms with Crippen molar-refractivity contribution in [2.45, 2.75) is 4.90 Å². The summed E-state index contributed by atoms with van der Waals surface area (Å²) in [6, 6.07) is 3.60. The SMILES string of the molecule is Nc1cc(S(=O)(=O)Nc2cnoc2)ccc1O. The molecular weight excluding hydrogens is 246 g/mol. The third-order valence-electron chi connectivity index (χ3n) is 1.99. The summed E-state index contributed by atoms with van der Waals surface area (Å²) in [7, 11) is -3.76. The van der Waals surface area contributed by atoms with Gasteiger partial charge in [-0.1, -0.05) is 5.16 Å². The van der Waals surface area contributed by atoms with Gasteiger partial charge in [0.15, 0.2) is 0 Å². The number of nitrogens with zero attached hydrogens (tertiary/aromatic N) is 1. The topological polar surface area (TPSA) is 118 Å². The quantitative estimate of drug-likeness (QED) is 0.550. The van der Waals surface area contributed by atoms with E-state index in [1.54, 1.807) is 0 Å². The van der Waals surface area contributed by atoms with Gasteiger partial charge in [-0.05, 0) is 18.2 Å². The highest BCUT2D eigenvalue weighted by molar-refractivity contribution is 7.92. The number of nitrogens with two attached hydrogens (primary N) is 1. The van der Waals surface area contributed by atoms with Gasteiger partial charge in [0.1, 0.15) is 17.7 Å². The molecule has 0 saturated heterocycles. The van der Waals surface area contributed by atoms with E-state index in [9.17, 15) is 13.5 Å². The third-order valence-corrected chi connectivity index (χ3v) is 3.37. The summed E-state index contributed by atoms with van der Waals surface area (Å²) in [5.74, 6) is -0.172. The molecule has 0 radical (unpaired) electrons. The summed E-state index contributed by atoms with van der Waals surface area (Å²) in [5.41, 5.74) is 5.61. The Bertz CT molecular complexity index is 622. The van der Waals surface area contributed by atoms with Gasteiger partial charge in [-0.25, -0.2) is 8.42 Å². The molecule has 17 heavy (non-hydrogen) atoms. The van der Waals surface area contributed by atoms with Gasteiger partial charge in [0.05, 0.1) is 16.8 Å². The van der Waals surface area contributed by atoms with Crippen LogP contribution in [0.1, 0.15) is 0 Å². The van der Waals surface area contributed by atoms with Crippen molar-refractivity contribution >= 4 is 21.4 Å². The predicted octanol–water partition coefficient (Wildman–Crippen LogP) is 0.763. The number of aromatic nitrogens is 1. The van der Waals surface area contributed by atoms with E-state index in [0.717, 1.165) is 12.3 Å². The summed E-state index contributed by atoms with van der Waals surface area (Å²) >= 11 is 0. The van der Waals surface area contributed by atoms with Crippen molar-refractivity contribution in [3.05, 3.63) is 30.7 Å². The van der Waals surface area contributed by atoms with Gasteiger partial charge in [0, 0.05) is 0 Å². The molecule has 0 saturated carbocycles. The maximum Gasteiger partial charge on any atom is 0.262 e. The number of anilines is 2. The van der Waals surface area contributed by atoms with Crippen molar-refractivity contribution in [1.82, 2.24) is 5.16 Å². The number of nitrogen functional groups attached to an aromatic ring is 1. The average Bonchev–Trinajstić information content (AvgIpc) is 2.73. The number of rotatable bonds is 3. The van der Waals surface area contributed by atoms with Crippen LogP contribution in [0.15, 0.2) is 40.1 Å². The smallest absolute Gasteiger partial charge is 0.262 e. The number of phenolic OH excluding ortho intramolecular Hbond substituents is 1. The zero-order chi connectivity index (χ0) is 12.5. The molecule has 7 nitrogen and oxygen atoms in total.